The van der Waals surface area contributed by atoms with Gasteiger partial charge in [0.25, 0.3) is 0 Å². The maximum absolute atomic E-state index is 6.20. The molecule has 0 bridgehead atoms. The average molecular weight is 277 g/mol. The van der Waals surface area contributed by atoms with E-state index in [1.54, 1.807) is 11.3 Å². The highest BCUT2D eigenvalue weighted by molar-refractivity contribution is 7.08. The Labute approximate surface area is 113 Å². The van der Waals surface area contributed by atoms with E-state index in [2.05, 4.69) is 5.16 Å². The van der Waals surface area contributed by atoms with Crippen LogP contribution in [0, 0.1) is 0 Å². The van der Waals surface area contributed by atoms with Gasteiger partial charge in [-0.05, 0) is 17.5 Å². The molecule has 5 heteroatoms. The Morgan fingerprint density at radius 2 is 2.06 bits per heavy atom. The summed E-state index contributed by atoms with van der Waals surface area (Å²) in [6.07, 6.45) is 0. The lowest BCUT2D eigenvalue weighted by Gasteiger charge is -2.03. The van der Waals surface area contributed by atoms with Gasteiger partial charge in [0.15, 0.2) is 0 Å². The van der Waals surface area contributed by atoms with E-state index in [4.69, 9.17) is 21.9 Å². The van der Waals surface area contributed by atoms with Gasteiger partial charge in [-0.3, -0.25) is 0 Å². The summed E-state index contributed by atoms with van der Waals surface area (Å²) in [5.74, 6) is 0.282. The van der Waals surface area contributed by atoms with Crippen molar-refractivity contribution in [1.82, 2.24) is 5.16 Å². The normalized spacial score (nSPS) is 10.7. The molecule has 2 heterocycles. The van der Waals surface area contributed by atoms with Crippen LogP contribution in [-0.4, -0.2) is 5.16 Å². The van der Waals surface area contributed by atoms with Gasteiger partial charge in [-0.15, -0.1) is 0 Å². The third-order valence-electron chi connectivity index (χ3n) is 2.66. The lowest BCUT2D eigenvalue weighted by molar-refractivity contribution is 0.439. The molecule has 0 spiro atoms. The van der Waals surface area contributed by atoms with Crippen molar-refractivity contribution in [2.75, 3.05) is 5.73 Å². The van der Waals surface area contributed by atoms with Gasteiger partial charge in [-0.1, -0.05) is 35.0 Å². The van der Waals surface area contributed by atoms with Crippen LogP contribution in [0.25, 0.3) is 22.4 Å². The first-order valence-corrected chi connectivity index (χ1v) is 6.62. The number of nitrogens with two attached hydrogens (primary N) is 1. The molecular weight excluding hydrogens is 268 g/mol. The number of nitrogen functional groups attached to an aromatic ring is 1. The standard InChI is InChI=1S/C13H9ClN2OS/c14-10-4-2-1-3-9(10)11-12(16-17-13(11)15)8-5-6-18-7-8/h1-7H,15H2. The van der Waals surface area contributed by atoms with E-state index in [9.17, 15) is 0 Å². The highest BCUT2D eigenvalue weighted by atomic mass is 35.5. The molecule has 0 unspecified atom stereocenters. The van der Waals surface area contributed by atoms with E-state index >= 15 is 0 Å². The fraction of sp³-hybridized carbons (Fsp3) is 0. The Bertz CT molecular complexity index is 676. The van der Waals surface area contributed by atoms with Crippen LogP contribution in [0.2, 0.25) is 5.02 Å². The van der Waals surface area contributed by atoms with Crippen LogP contribution in [0.5, 0.6) is 0 Å². The molecule has 2 N–H and O–H groups in total. The second kappa shape index (κ2) is 4.48. The van der Waals surface area contributed by atoms with Crippen molar-refractivity contribution < 1.29 is 4.52 Å². The molecule has 3 rings (SSSR count). The van der Waals surface area contributed by atoms with E-state index in [0.29, 0.717) is 5.02 Å². The summed E-state index contributed by atoms with van der Waals surface area (Å²) in [7, 11) is 0. The van der Waals surface area contributed by atoms with Crippen LogP contribution in [0.1, 0.15) is 0 Å². The number of halogens is 1. The number of rotatable bonds is 2. The van der Waals surface area contributed by atoms with Crippen molar-refractivity contribution in [1.29, 1.82) is 0 Å². The minimum absolute atomic E-state index is 0.282. The van der Waals surface area contributed by atoms with Gasteiger partial charge in [0.05, 0.1) is 5.56 Å². The summed E-state index contributed by atoms with van der Waals surface area (Å²) in [5, 5.41) is 8.63. The van der Waals surface area contributed by atoms with Gasteiger partial charge >= 0.3 is 0 Å². The van der Waals surface area contributed by atoms with Gasteiger partial charge in [0.1, 0.15) is 5.69 Å². The first kappa shape index (κ1) is 11.3. The Balaban J connectivity index is 2.24. The fourth-order valence-corrected chi connectivity index (χ4v) is 2.69. The first-order valence-electron chi connectivity index (χ1n) is 5.30. The van der Waals surface area contributed by atoms with Crippen molar-refractivity contribution in [2.45, 2.75) is 0 Å². The second-order valence-electron chi connectivity index (χ2n) is 3.76. The molecule has 0 amide bonds. The van der Waals surface area contributed by atoms with Crippen molar-refractivity contribution in [3.63, 3.8) is 0 Å². The number of hydrogen-bond donors (Lipinski definition) is 1. The molecule has 3 nitrogen and oxygen atoms in total. The SMILES string of the molecule is Nc1onc(-c2ccsc2)c1-c1ccccc1Cl. The molecule has 0 radical (unpaired) electrons. The fourth-order valence-electron chi connectivity index (χ4n) is 1.82. The third-order valence-corrected chi connectivity index (χ3v) is 3.67. The number of benzene rings is 1. The second-order valence-corrected chi connectivity index (χ2v) is 4.95. The predicted octanol–water partition coefficient (Wildman–Crippen LogP) is 4.31. The first-order chi connectivity index (χ1) is 8.77. The zero-order valence-corrected chi connectivity index (χ0v) is 10.8. The molecule has 0 aliphatic heterocycles. The number of thiophene rings is 1. The lowest BCUT2D eigenvalue weighted by Crippen LogP contribution is -1.87. The third kappa shape index (κ3) is 1.79. The highest BCUT2D eigenvalue weighted by Gasteiger charge is 2.19. The molecule has 3 aromatic rings. The van der Waals surface area contributed by atoms with Crippen LogP contribution in [0.4, 0.5) is 5.88 Å². The zero-order chi connectivity index (χ0) is 12.5. The summed E-state index contributed by atoms with van der Waals surface area (Å²) >= 11 is 7.79. The van der Waals surface area contributed by atoms with Crippen molar-refractivity contribution in [2.24, 2.45) is 0 Å². The molecule has 2 aromatic heterocycles. The molecule has 0 atom stereocenters. The molecule has 0 fully saturated rings. The Hall–Kier alpha value is -1.78. The predicted molar refractivity (Wildman–Crippen MR) is 74.7 cm³/mol. The van der Waals surface area contributed by atoms with Crippen LogP contribution in [-0.2, 0) is 0 Å². The minimum atomic E-state index is 0.282. The summed E-state index contributed by atoms with van der Waals surface area (Å²) in [5.41, 5.74) is 9.15. The van der Waals surface area contributed by atoms with E-state index in [1.807, 2.05) is 41.1 Å². The molecule has 0 saturated carbocycles. The maximum Gasteiger partial charge on any atom is 0.230 e. The molecule has 0 saturated heterocycles. The minimum Gasteiger partial charge on any atom is -0.367 e. The molecule has 1 aromatic carbocycles. The van der Waals surface area contributed by atoms with Gasteiger partial charge in [0.2, 0.25) is 5.88 Å². The van der Waals surface area contributed by atoms with Gasteiger partial charge < -0.3 is 10.3 Å². The van der Waals surface area contributed by atoms with E-state index in [-0.39, 0.29) is 5.88 Å². The van der Waals surface area contributed by atoms with Gasteiger partial charge in [-0.25, -0.2) is 0 Å². The molecule has 0 aliphatic carbocycles. The van der Waals surface area contributed by atoms with E-state index in [0.717, 1.165) is 22.4 Å². The van der Waals surface area contributed by atoms with Crippen molar-refractivity contribution in [3.05, 3.63) is 46.1 Å². The Morgan fingerprint density at radius 3 is 2.78 bits per heavy atom. The van der Waals surface area contributed by atoms with Crippen molar-refractivity contribution >= 4 is 28.8 Å². The molecular formula is C13H9ClN2OS. The summed E-state index contributed by atoms with van der Waals surface area (Å²) in [4.78, 5) is 0. The Kier molecular flexibility index (Phi) is 2.81. The highest BCUT2D eigenvalue weighted by Crippen LogP contribution is 2.39. The molecule has 0 aliphatic rings. The number of aromatic nitrogens is 1. The van der Waals surface area contributed by atoms with Crippen LogP contribution >= 0.6 is 22.9 Å². The van der Waals surface area contributed by atoms with E-state index < -0.39 is 0 Å². The topological polar surface area (TPSA) is 52.0 Å². The maximum atomic E-state index is 6.20. The smallest absolute Gasteiger partial charge is 0.230 e. The number of hydrogen-bond acceptors (Lipinski definition) is 4. The summed E-state index contributed by atoms with van der Waals surface area (Å²) < 4.78 is 5.10. The van der Waals surface area contributed by atoms with Crippen LogP contribution < -0.4 is 5.73 Å². The average Bonchev–Trinajstić information content (AvgIpc) is 2.99. The quantitative estimate of drug-likeness (QED) is 0.759. The lowest BCUT2D eigenvalue weighted by atomic mass is 10.0. The zero-order valence-electron chi connectivity index (χ0n) is 9.26. The largest absolute Gasteiger partial charge is 0.367 e. The summed E-state index contributed by atoms with van der Waals surface area (Å²) in [6, 6.07) is 9.48. The van der Waals surface area contributed by atoms with Gasteiger partial charge in [0, 0.05) is 21.5 Å². The van der Waals surface area contributed by atoms with Crippen LogP contribution in [0.15, 0.2) is 45.6 Å². The Morgan fingerprint density at radius 1 is 1.22 bits per heavy atom. The van der Waals surface area contributed by atoms with Crippen molar-refractivity contribution in [3.8, 4) is 22.4 Å². The molecule has 18 heavy (non-hydrogen) atoms. The summed E-state index contributed by atoms with van der Waals surface area (Å²) in [6.45, 7) is 0. The number of nitrogens with zero attached hydrogens (tertiary/aromatic N) is 1. The van der Waals surface area contributed by atoms with Crippen LogP contribution in [0.3, 0.4) is 0 Å². The number of anilines is 1. The monoisotopic (exact) mass is 276 g/mol. The molecule has 90 valence electrons. The van der Waals surface area contributed by atoms with E-state index in [1.165, 1.54) is 0 Å². The van der Waals surface area contributed by atoms with Gasteiger partial charge in [-0.2, -0.15) is 11.3 Å².